The van der Waals surface area contributed by atoms with E-state index in [1.54, 1.807) is 11.8 Å². The van der Waals surface area contributed by atoms with Gasteiger partial charge in [-0.1, -0.05) is 66.9 Å². The molecule has 0 aromatic heterocycles. The fourth-order valence-corrected chi connectivity index (χ4v) is 2.88. The van der Waals surface area contributed by atoms with Gasteiger partial charge >= 0.3 is 0 Å². The van der Waals surface area contributed by atoms with Gasteiger partial charge in [0.15, 0.2) is 0 Å². The molecule has 0 unspecified atom stereocenters. The van der Waals surface area contributed by atoms with Crippen LogP contribution in [0.25, 0.3) is 6.08 Å². The van der Waals surface area contributed by atoms with Gasteiger partial charge in [-0.05, 0) is 42.2 Å². The molecular weight excluding hydrogens is 372 g/mol. The van der Waals surface area contributed by atoms with Crippen LogP contribution in [0.15, 0.2) is 54.1 Å². The average molecular weight is 393 g/mol. The number of thiocarbonyl (C=S) groups is 2. The summed E-state index contributed by atoms with van der Waals surface area (Å²) in [6.45, 7) is 0. The SMILES string of the molecule is CSC(=S)Nc1ccc(C=CC2=CC[C@H](NC(=S)SC)C=C2)cc1. The molecule has 1 aliphatic rings. The first-order valence-corrected chi connectivity index (χ1v) is 10.7. The highest BCUT2D eigenvalue weighted by molar-refractivity contribution is 8.23. The second-order valence-electron chi connectivity index (χ2n) is 5.11. The topological polar surface area (TPSA) is 24.1 Å². The molecule has 1 atom stereocenters. The zero-order chi connectivity index (χ0) is 17.4. The number of allylic oxidation sites excluding steroid dienone is 3. The Kier molecular flexibility index (Phi) is 8.05. The highest BCUT2D eigenvalue weighted by Gasteiger charge is 2.08. The van der Waals surface area contributed by atoms with Gasteiger partial charge in [-0.25, -0.2) is 0 Å². The van der Waals surface area contributed by atoms with Crippen LogP contribution in [0, 0.1) is 0 Å². The van der Waals surface area contributed by atoms with Gasteiger partial charge in [0, 0.05) is 11.7 Å². The van der Waals surface area contributed by atoms with Crippen LogP contribution in [0.5, 0.6) is 0 Å². The summed E-state index contributed by atoms with van der Waals surface area (Å²) in [4.78, 5) is 0. The monoisotopic (exact) mass is 392 g/mol. The van der Waals surface area contributed by atoms with Crippen molar-refractivity contribution >= 4 is 68.4 Å². The molecule has 2 rings (SSSR count). The number of hydrogen-bond acceptors (Lipinski definition) is 4. The first kappa shape index (κ1) is 19.2. The van der Waals surface area contributed by atoms with Crippen molar-refractivity contribution in [2.75, 3.05) is 17.8 Å². The van der Waals surface area contributed by atoms with Gasteiger partial charge in [-0.15, -0.1) is 23.5 Å². The van der Waals surface area contributed by atoms with Crippen LogP contribution in [0.2, 0.25) is 0 Å². The molecule has 0 aliphatic heterocycles. The molecule has 1 aromatic rings. The van der Waals surface area contributed by atoms with Crippen molar-refractivity contribution in [3.63, 3.8) is 0 Å². The van der Waals surface area contributed by atoms with Crippen LogP contribution in [0.4, 0.5) is 5.69 Å². The van der Waals surface area contributed by atoms with Gasteiger partial charge in [0.1, 0.15) is 8.64 Å². The lowest BCUT2D eigenvalue weighted by Crippen LogP contribution is -2.30. The van der Waals surface area contributed by atoms with Crippen molar-refractivity contribution < 1.29 is 0 Å². The normalized spacial score (nSPS) is 16.8. The van der Waals surface area contributed by atoms with Gasteiger partial charge in [-0.2, -0.15) is 0 Å². The Morgan fingerprint density at radius 1 is 1.08 bits per heavy atom. The van der Waals surface area contributed by atoms with E-state index in [-0.39, 0.29) is 0 Å². The van der Waals surface area contributed by atoms with Crippen LogP contribution >= 0.6 is 48.0 Å². The maximum atomic E-state index is 5.19. The Morgan fingerprint density at radius 2 is 1.79 bits per heavy atom. The molecule has 0 spiro atoms. The Bertz CT molecular complexity index is 675. The molecule has 0 bridgehead atoms. The number of hydrogen-bond donors (Lipinski definition) is 2. The third-order valence-corrected chi connectivity index (χ3v) is 5.61. The molecule has 0 saturated heterocycles. The summed E-state index contributed by atoms with van der Waals surface area (Å²) in [6, 6.07) is 8.53. The van der Waals surface area contributed by atoms with E-state index >= 15 is 0 Å². The lowest BCUT2D eigenvalue weighted by molar-refractivity contribution is 0.743. The van der Waals surface area contributed by atoms with Gasteiger partial charge < -0.3 is 10.6 Å². The largest absolute Gasteiger partial charge is 0.364 e. The number of rotatable bonds is 4. The van der Waals surface area contributed by atoms with E-state index in [1.807, 2.05) is 24.6 Å². The maximum absolute atomic E-state index is 5.19. The highest BCUT2D eigenvalue weighted by atomic mass is 32.2. The smallest absolute Gasteiger partial charge is 0.137 e. The van der Waals surface area contributed by atoms with Crippen molar-refractivity contribution in [2.24, 2.45) is 0 Å². The minimum Gasteiger partial charge on any atom is -0.364 e. The molecule has 0 radical (unpaired) electrons. The summed E-state index contributed by atoms with van der Waals surface area (Å²) < 4.78 is 1.62. The summed E-state index contributed by atoms with van der Waals surface area (Å²) in [7, 11) is 0. The molecule has 2 nitrogen and oxygen atoms in total. The van der Waals surface area contributed by atoms with E-state index in [4.69, 9.17) is 24.4 Å². The van der Waals surface area contributed by atoms with E-state index in [1.165, 1.54) is 17.3 Å². The Labute approximate surface area is 163 Å². The number of thioether (sulfide) groups is 2. The maximum Gasteiger partial charge on any atom is 0.137 e. The molecule has 0 fully saturated rings. The predicted molar refractivity (Wildman–Crippen MR) is 120 cm³/mol. The van der Waals surface area contributed by atoms with Gasteiger partial charge in [0.25, 0.3) is 0 Å². The van der Waals surface area contributed by atoms with Crippen LogP contribution in [0.3, 0.4) is 0 Å². The molecule has 1 aromatic carbocycles. The van der Waals surface area contributed by atoms with E-state index < -0.39 is 0 Å². The van der Waals surface area contributed by atoms with Gasteiger partial charge in [-0.3, -0.25) is 0 Å². The zero-order valence-electron chi connectivity index (χ0n) is 13.6. The Balaban J connectivity index is 1.89. The quantitative estimate of drug-likeness (QED) is 0.679. The first-order valence-electron chi connectivity index (χ1n) is 7.46. The number of anilines is 1. The standard InChI is InChI=1S/C18H20N2S4/c1-23-17(21)19-15-9-5-13(6-10-15)3-4-14-7-11-16(12-8-14)20-18(22)24-2/h3-11,16H,12H2,1-2H3,(H,19,21)(H,20,22)/t16-/m1/s1. The van der Waals surface area contributed by atoms with E-state index in [9.17, 15) is 0 Å². The van der Waals surface area contributed by atoms with Crippen molar-refractivity contribution in [3.8, 4) is 0 Å². The second-order valence-corrected chi connectivity index (χ2v) is 8.08. The van der Waals surface area contributed by atoms with Crippen molar-refractivity contribution in [2.45, 2.75) is 12.5 Å². The average Bonchev–Trinajstić information content (AvgIpc) is 2.62. The van der Waals surface area contributed by atoms with E-state index in [0.717, 1.165) is 26.3 Å². The summed E-state index contributed by atoms with van der Waals surface area (Å²) in [5.74, 6) is 0. The van der Waals surface area contributed by atoms with Crippen molar-refractivity contribution in [1.82, 2.24) is 5.32 Å². The Hall–Kier alpha value is -1.08. The minimum atomic E-state index is 0.299. The fourth-order valence-electron chi connectivity index (χ4n) is 2.12. The first-order chi connectivity index (χ1) is 11.6. The molecule has 1 aliphatic carbocycles. The summed E-state index contributed by atoms with van der Waals surface area (Å²) in [5.41, 5.74) is 3.39. The summed E-state index contributed by atoms with van der Waals surface area (Å²) in [5, 5.41) is 6.49. The number of nitrogens with one attached hydrogen (secondary N) is 2. The van der Waals surface area contributed by atoms with Gasteiger partial charge in [0.05, 0.1) is 0 Å². The highest BCUT2D eigenvalue weighted by Crippen LogP contribution is 2.16. The van der Waals surface area contributed by atoms with Crippen molar-refractivity contribution in [3.05, 3.63) is 59.7 Å². The van der Waals surface area contributed by atoms with Crippen LogP contribution in [0.1, 0.15) is 12.0 Å². The zero-order valence-corrected chi connectivity index (χ0v) is 16.9. The molecule has 0 amide bonds. The fraction of sp³-hybridized carbons (Fsp3) is 0.222. The Morgan fingerprint density at radius 3 is 2.38 bits per heavy atom. The summed E-state index contributed by atoms with van der Waals surface area (Å²) in [6.07, 6.45) is 15.7. The summed E-state index contributed by atoms with van der Waals surface area (Å²) >= 11 is 13.5. The van der Waals surface area contributed by atoms with Gasteiger partial charge in [0.2, 0.25) is 0 Å². The predicted octanol–water partition coefficient (Wildman–Crippen LogP) is 5.25. The molecule has 0 saturated carbocycles. The lowest BCUT2D eigenvalue weighted by Gasteiger charge is -2.17. The molecule has 0 heterocycles. The van der Waals surface area contributed by atoms with Crippen LogP contribution in [-0.4, -0.2) is 27.2 Å². The number of benzene rings is 1. The minimum absolute atomic E-state index is 0.299. The molecule has 126 valence electrons. The molecule has 6 heteroatoms. The molecular formula is C18H20N2S4. The third-order valence-electron chi connectivity index (χ3n) is 3.43. The van der Waals surface area contributed by atoms with Crippen LogP contribution < -0.4 is 10.6 Å². The molecule has 2 N–H and O–H groups in total. The molecule has 24 heavy (non-hydrogen) atoms. The van der Waals surface area contributed by atoms with E-state index in [0.29, 0.717) is 6.04 Å². The van der Waals surface area contributed by atoms with Crippen LogP contribution in [-0.2, 0) is 0 Å². The third kappa shape index (κ3) is 6.43. The second kappa shape index (κ2) is 10.0. The van der Waals surface area contributed by atoms with Crippen molar-refractivity contribution in [1.29, 1.82) is 0 Å². The lowest BCUT2D eigenvalue weighted by atomic mass is 10.0. The van der Waals surface area contributed by atoms with E-state index in [2.05, 4.69) is 53.1 Å².